The van der Waals surface area contributed by atoms with E-state index in [1.807, 2.05) is 13.0 Å². The van der Waals surface area contributed by atoms with Crippen LogP contribution in [0.4, 0.5) is 0 Å². The van der Waals surface area contributed by atoms with E-state index < -0.39 is 0 Å². The summed E-state index contributed by atoms with van der Waals surface area (Å²) in [5, 5.41) is 1.02. The standard InChI is InChI=1S/C13H13Cl2N3/c1-8(16)4-9-6-17-13(18-7-9)10-2-3-11(14)12(15)5-10/h2-3,5-8H,4,16H2,1H3. The molecule has 1 unspecified atom stereocenters. The Labute approximate surface area is 116 Å². The highest BCUT2D eigenvalue weighted by molar-refractivity contribution is 6.42. The Morgan fingerprint density at radius 3 is 2.39 bits per heavy atom. The van der Waals surface area contributed by atoms with Crippen molar-refractivity contribution in [2.75, 3.05) is 0 Å². The summed E-state index contributed by atoms with van der Waals surface area (Å²) in [5.74, 6) is 0.627. The van der Waals surface area contributed by atoms with E-state index in [0.29, 0.717) is 15.9 Å². The first kappa shape index (κ1) is 13.3. The zero-order valence-corrected chi connectivity index (χ0v) is 11.4. The third-order valence-electron chi connectivity index (χ3n) is 2.44. The van der Waals surface area contributed by atoms with Gasteiger partial charge in [-0.2, -0.15) is 0 Å². The fraction of sp³-hybridized carbons (Fsp3) is 0.231. The lowest BCUT2D eigenvalue weighted by Crippen LogP contribution is -2.18. The number of nitrogens with zero attached hydrogens (tertiary/aromatic N) is 2. The van der Waals surface area contributed by atoms with Crippen LogP contribution in [-0.2, 0) is 6.42 Å². The lowest BCUT2D eigenvalue weighted by atomic mass is 10.1. The van der Waals surface area contributed by atoms with E-state index in [-0.39, 0.29) is 6.04 Å². The van der Waals surface area contributed by atoms with Gasteiger partial charge in [0.2, 0.25) is 0 Å². The van der Waals surface area contributed by atoms with E-state index >= 15 is 0 Å². The highest BCUT2D eigenvalue weighted by atomic mass is 35.5. The molecule has 5 heteroatoms. The second kappa shape index (κ2) is 5.65. The number of aromatic nitrogens is 2. The van der Waals surface area contributed by atoms with Crippen molar-refractivity contribution in [3.8, 4) is 11.4 Å². The lowest BCUT2D eigenvalue weighted by molar-refractivity contribution is 0.732. The van der Waals surface area contributed by atoms with Crippen molar-refractivity contribution in [2.24, 2.45) is 5.73 Å². The quantitative estimate of drug-likeness (QED) is 0.939. The van der Waals surface area contributed by atoms with Gasteiger partial charge < -0.3 is 5.73 Å². The summed E-state index contributed by atoms with van der Waals surface area (Å²) >= 11 is 11.8. The van der Waals surface area contributed by atoms with Gasteiger partial charge in [-0.25, -0.2) is 9.97 Å². The molecule has 0 spiro atoms. The molecule has 0 fully saturated rings. The molecule has 1 aromatic carbocycles. The Bertz CT molecular complexity index is 538. The zero-order valence-electron chi connectivity index (χ0n) is 9.90. The maximum absolute atomic E-state index is 5.96. The highest BCUT2D eigenvalue weighted by Crippen LogP contribution is 2.26. The van der Waals surface area contributed by atoms with E-state index in [1.54, 1.807) is 24.5 Å². The van der Waals surface area contributed by atoms with E-state index in [9.17, 15) is 0 Å². The van der Waals surface area contributed by atoms with Crippen LogP contribution in [-0.4, -0.2) is 16.0 Å². The number of hydrogen-bond donors (Lipinski definition) is 1. The van der Waals surface area contributed by atoms with Crippen LogP contribution in [0.1, 0.15) is 12.5 Å². The Morgan fingerprint density at radius 2 is 1.83 bits per heavy atom. The van der Waals surface area contributed by atoms with Crippen LogP contribution in [0.5, 0.6) is 0 Å². The molecule has 94 valence electrons. The average Bonchev–Trinajstić information content (AvgIpc) is 2.33. The summed E-state index contributed by atoms with van der Waals surface area (Å²) in [7, 11) is 0. The normalized spacial score (nSPS) is 12.4. The minimum atomic E-state index is 0.101. The Balaban J connectivity index is 2.25. The van der Waals surface area contributed by atoms with E-state index in [0.717, 1.165) is 17.5 Å². The van der Waals surface area contributed by atoms with Gasteiger partial charge in [0, 0.05) is 24.0 Å². The van der Waals surface area contributed by atoms with Crippen LogP contribution >= 0.6 is 23.2 Å². The molecule has 3 nitrogen and oxygen atoms in total. The van der Waals surface area contributed by atoms with Crippen LogP contribution in [0.3, 0.4) is 0 Å². The molecule has 0 saturated carbocycles. The van der Waals surface area contributed by atoms with Gasteiger partial charge in [-0.05, 0) is 37.1 Å². The second-order valence-corrected chi connectivity index (χ2v) is 5.04. The third-order valence-corrected chi connectivity index (χ3v) is 3.18. The smallest absolute Gasteiger partial charge is 0.159 e. The average molecular weight is 282 g/mol. The number of benzene rings is 1. The molecule has 0 aliphatic heterocycles. The van der Waals surface area contributed by atoms with Gasteiger partial charge in [-0.1, -0.05) is 23.2 Å². The number of nitrogens with two attached hydrogens (primary N) is 1. The minimum Gasteiger partial charge on any atom is -0.328 e. The van der Waals surface area contributed by atoms with Crippen molar-refractivity contribution in [3.05, 3.63) is 46.2 Å². The minimum absolute atomic E-state index is 0.101. The fourth-order valence-electron chi connectivity index (χ4n) is 1.62. The van der Waals surface area contributed by atoms with Gasteiger partial charge in [0.15, 0.2) is 5.82 Å². The predicted molar refractivity (Wildman–Crippen MR) is 74.8 cm³/mol. The molecular weight excluding hydrogens is 269 g/mol. The summed E-state index contributed by atoms with van der Waals surface area (Å²) in [6.07, 6.45) is 4.34. The molecule has 1 atom stereocenters. The number of hydrogen-bond acceptors (Lipinski definition) is 3. The van der Waals surface area contributed by atoms with Gasteiger partial charge in [0.1, 0.15) is 0 Å². The predicted octanol–water partition coefficient (Wildman–Crippen LogP) is 3.34. The molecule has 2 aromatic rings. The van der Waals surface area contributed by atoms with Crippen molar-refractivity contribution < 1.29 is 0 Å². The van der Waals surface area contributed by atoms with Gasteiger partial charge in [-0.3, -0.25) is 0 Å². The van der Waals surface area contributed by atoms with Crippen molar-refractivity contribution in [2.45, 2.75) is 19.4 Å². The highest BCUT2D eigenvalue weighted by Gasteiger charge is 2.05. The molecule has 0 bridgehead atoms. The Morgan fingerprint density at radius 1 is 1.17 bits per heavy atom. The Kier molecular flexibility index (Phi) is 4.17. The lowest BCUT2D eigenvalue weighted by Gasteiger charge is -2.06. The molecule has 1 heterocycles. The van der Waals surface area contributed by atoms with E-state index in [2.05, 4.69) is 9.97 Å². The Hall–Kier alpha value is -1.16. The monoisotopic (exact) mass is 281 g/mol. The zero-order chi connectivity index (χ0) is 13.1. The maximum Gasteiger partial charge on any atom is 0.159 e. The van der Waals surface area contributed by atoms with Gasteiger partial charge in [-0.15, -0.1) is 0 Å². The van der Waals surface area contributed by atoms with Crippen LogP contribution in [0.25, 0.3) is 11.4 Å². The van der Waals surface area contributed by atoms with Crippen LogP contribution < -0.4 is 5.73 Å². The first-order chi connectivity index (χ1) is 8.56. The molecule has 0 saturated heterocycles. The topological polar surface area (TPSA) is 51.8 Å². The van der Waals surface area contributed by atoms with Gasteiger partial charge in [0.25, 0.3) is 0 Å². The molecule has 0 aliphatic carbocycles. The molecule has 18 heavy (non-hydrogen) atoms. The van der Waals surface area contributed by atoms with Crippen molar-refractivity contribution in [1.82, 2.24) is 9.97 Å². The fourth-order valence-corrected chi connectivity index (χ4v) is 1.91. The summed E-state index contributed by atoms with van der Waals surface area (Å²) in [5.41, 5.74) is 7.59. The molecule has 0 radical (unpaired) electrons. The maximum atomic E-state index is 5.96. The molecule has 0 amide bonds. The van der Waals surface area contributed by atoms with Crippen LogP contribution in [0.15, 0.2) is 30.6 Å². The van der Waals surface area contributed by atoms with Gasteiger partial charge >= 0.3 is 0 Å². The summed E-state index contributed by atoms with van der Waals surface area (Å²) in [4.78, 5) is 8.61. The van der Waals surface area contributed by atoms with E-state index in [1.165, 1.54) is 0 Å². The summed E-state index contributed by atoms with van der Waals surface area (Å²) in [6.45, 7) is 1.95. The van der Waals surface area contributed by atoms with Gasteiger partial charge in [0.05, 0.1) is 10.0 Å². The summed E-state index contributed by atoms with van der Waals surface area (Å²) < 4.78 is 0. The first-order valence-corrected chi connectivity index (χ1v) is 6.34. The van der Waals surface area contributed by atoms with Crippen molar-refractivity contribution in [3.63, 3.8) is 0 Å². The van der Waals surface area contributed by atoms with Crippen molar-refractivity contribution >= 4 is 23.2 Å². The second-order valence-electron chi connectivity index (χ2n) is 4.23. The SMILES string of the molecule is CC(N)Cc1cnc(-c2ccc(Cl)c(Cl)c2)nc1. The van der Waals surface area contributed by atoms with Crippen LogP contribution in [0, 0.1) is 0 Å². The first-order valence-electron chi connectivity index (χ1n) is 5.58. The molecular formula is C13H13Cl2N3. The molecule has 0 aliphatic rings. The largest absolute Gasteiger partial charge is 0.328 e. The van der Waals surface area contributed by atoms with E-state index in [4.69, 9.17) is 28.9 Å². The third kappa shape index (κ3) is 3.19. The summed E-state index contributed by atoms with van der Waals surface area (Å²) in [6, 6.07) is 5.43. The molecule has 2 N–H and O–H groups in total. The van der Waals surface area contributed by atoms with Crippen LogP contribution in [0.2, 0.25) is 10.0 Å². The number of rotatable bonds is 3. The molecule has 1 aromatic heterocycles. The van der Waals surface area contributed by atoms with Crippen molar-refractivity contribution in [1.29, 1.82) is 0 Å². The number of halogens is 2. The molecule has 2 rings (SSSR count).